The third-order valence-electron chi connectivity index (χ3n) is 1.58. The van der Waals surface area contributed by atoms with Crippen molar-refractivity contribution >= 4 is 17.4 Å². The fourth-order valence-electron chi connectivity index (χ4n) is 0.861. The van der Waals surface area contributed by atoms with Crippen LogP contribution in [0.25, 0.3) is 0 Å². The van der Waals surface area contributed by atoms with Crippen LogP contribution in [-0.4, -0.2) is 28.6 Å². The van der Waals surface area contributed by atoms with Crippen molar-refractivity contribution in [3.63, 3.8) is 0 Å². The number of aromatic nitrogens is 2. The van der Waals surface area contributed by atoms with Crippen molar-refractivity contribution in [2.75, 3.05) is 12.5 Å². The van der Waals surface area contributed by atoms with Gasteiger partial charge in [-0.05, 0) is 0 Å². The van der Waals surface area contributed by atoms with E-state index in [0.717, 1.165) is 0 Å². The molecule has 3 N–H and O–H groups in total. The molecule has 8 heteroatoms. The first-order chi connectivity index (χ1) is 7.72. The van der Waals surface area contributed by atoms with Gasteiger partial charge in [-0.25, -0.2) is 4.98 Å². The molecule has 0 bridgehead atoms. The number of anilines is 1. The number of nitrogens with one attached hydrogen (secondary N) is 3. The van der Waals surface area contributed by atoms with E-state index in [0.29, 0.717) is 0 Å². The normalized spacial score (nSPS) is 8.44. The Morgan fingerprint density at radius 2 is 2.25 bits per heavy atom. The van der Waals surface area contributed by atoms with E-state index in [1.165, 1.54) is 13.4 Å². The summed E-state index contributed by atoms with van der Waals surface area (Å²) in [6, 6.07) is 3.13. The summed E-state index contributed by atoms with van der Waals surface area (Å²) in [6.45, 7) is 0. The molecule has 0 unspecified atom stereocenters. The predicted octanol–water partition coefficient (Wildman–Crippen LogP) is -0.416. The Balaban J connectivity index is 2.88. The van der Waals surface area contributed by atoms with E-state index in [9.17, 15) is 4.79 Å². The molecule has 1 aromatic heterocycles. The Bertz CT molecular complexity index is 485. The third-order valence-corrected chi connectivity index (χ3v) is 1.58. The Morgan fingerprint density at radius 1 is 1.56 bits per heavy atom. The number of hydrogen-bond acceptors (Lipinski definition) is 6. The van der Waals surface area contributed by atoms with Gasteiger partial charge in [0.1, 0.15) is 17.8 Å². The number of imidazole rings is 1. The lowest BCUT2D eigenvalue weighted by atomic mass is 10.4. The number of carbonyl (C=O) groups is 1. The summed E-state index contributed by atoms with van der Waals surface area (Å²) in [5, 5.41) is 22.7. The van der Waals surface area contributed by atoms with Crippen LogP contribution in [0.5, 0.6) is 0 Å². The second-order valence-electron chi connectivity index (χ2n) is 2.50. The Kier molecular flexibility index (Phi) is 3.59. The van der Waals surface area contributed by atoms with Crippen molar-refractivity contribution < 1.29 is 4.79 Å². The van der Waals surface area contributed by atoms with E-state index in [2.05, 4.69) is 25.8 Å². The molecule has 1 rings (SSSR count). The van der Waals surface area contributed by atoms with Crippen LogP contribution in [0.3, 0.4) is 0 Å². The number of nitrogens with zero attached hydrogens (tertiary/aromatic N) is 4. The van der Waals surface area contributed by atoms with Gasteiger partial charge in [-0.15, -0.1) is 0 Å². The summed E-state index contributed by atoms with van der Waals surface area (Å²) in [7, 11) is 1.46. The lowest BCUT2D eigenvalue weighted by Gasteiger charge is -1.99. The van der Waals surface area contributed by atoms with Crippen LogP contribution in [-0.2, 0) is 0 Å². The van der Waals surface area contributed by atoms with Crippen LogP contribution in [0.2, 0.25) is 0 Å². The largest absolute Gasteiger partial charge is 0.354 e. The van der Waals surface area contributed by atoms with Crippen molar-refractivity contribution in [1.29, 1.82) is 10.5 Å². The Hall–Kier alpha value is -2.87. The van der Waals surface area contributed by atoms with Crippen molar-refractivity contribution in [3.8, 4) is 12.1 Å². The standard InChI is InChI=1S/C8H7N7O/c1-11-8(16)6-7(13-4-12-6)15-14-5(2-9)3-10/h4,15H,1H3,(H,11,16)(H,12,13). The van der Waals surface area contributed by atoms with Gasteiger partial charge in [-0.2, -0.15) is 15.6 Å². The summed E-state index contributed by atoms with van der Waals surface area (Å²) >= 11 is 0. The molecule has 80 valence electrons. The molecule has 0 radical (unpaired) electrons. The maximum atomic E-state index is 11.3. The average Bonchev–Trinajstić information content (AvgIpc) is 2.77. The van der Waals surface area contributed by atoms with Crippen LogP contribution in [0.15, 0.2) is 11.4 Å². The van der Waals surface area contributed by atoms with E-state index in [1.54, 1.807) is 12.1 Å². The number of nitriles is 2. The first-order valence-corrected chi connectivity index (χ1v) is 4.12. The molecule has 0 aliphatic heterocycles. The van der Waals surface area contributed by atoms with Gasteiger partial charge in [0.15, 0.2) is 5.82 Å². The lowest BCUT2D eigenvalue weighted by molar-refractivity contribution is 0.0959. The van der Waals surface area contributed by atoms with Gasteiger partial charge >= 0.3 is 0 Å². The predicted molar refractivity (Wildman–Crippen MR) is 54.3 cm³/mol. The number of hydrazone groups is 1. The fraction of sp³-hybridized carbons (Fsp3) is 0.125. The smallest absolute Gasteiger partial charge is 0.271 e. The van der Waals surface area contributed by atoms with Gasteiger partial charge in [-0.3, -0.25) is 10.2 Å². The molecule has 1 aromatic rings. The summed E-state index contributed by atoms with van der Waals surface area (Å²) in [4.78, 5) is 17.6. The molecule has 0 aliphatic rings. The highest BCUT2D eigenvalue weighted by atomic mass is 16.1. The zero-order chi connectivity index (χ0) is 12.0. The second kappa shape index (κ2) is 5.12. The number of aromatic amines is 1. The molecule has 0 aromatic carbocycles. The van der Waals surface area contributed by atoms with Crippen LogP contribution in [0.4, 0.5) is 5.82 Å². The van der Waals surface area contributed by atoms with Crippen LogP contribution in [0, 0.1) is 22.7 Å². The molecule has 0 fully saturated rings. The molecule has 8 nitrogen and oxygen atoms in total. The van der Waals surface area contributed by atoms with E-state index >= 15 is 0 Å². The number of rotatable bonds is 3. The Morgan fingerprint density at radius 3 is 2.81 bits per heavy atom. The van der Waals surface area contributed by atoms with E-state index in [1.807, 2.05) is 0 Å². The molecule has 1 heterocycles. The zero-order valence-corrected chi connectivity index (χ0v) is 8.27. The summed E-state index contributed by atoms with van der Waals surface area (Å²) in [6.07, 6.45) is 1.29. The van der Waals surface area contributed by atoms with Crippen LogP contribution >= 0.6 is 0 Å². The quantitative estimate of drug-likeness (QED) is 0.467. The van der Waals surface area contributed by atoms with Crippen molar-refractivity contribution in [2.24, 2.45) is 5.10 Å². The number of carbonyl (C=O) groups excluding carboxylic acids is 1. The molecule has 0 saturated carbocycles. The van der Waals surface area contributed by atoms with Gasteiger partial charge < -0.3 is 10.3 Å². The second-order valence-corrected chi connectivity index (χ2v) is 2.50. The van der Waals surface area contributed by atoms with E-state index in [-0.39, 0.29) is 23.1 Å². The molecule has 0 aliphatic carbocycles. The highest BCUT2D eigenvalue weighted by Gasteiger charge is 2.12. The van der Waals surface area contributed by atoms with Crippen molar-refractivity contribution in [1.82, 2.24) is 15.3 Å². The first kappa shape index (κ1) is 11.2. The molecular weight excluding hydrogens is 210 g/mol. The highest BCUT2D eigenvalue weighted by molar-refractivity contribution is 6.10. The van der Waals surface area contributed by atoms with Crippen molar-refractivity contribution in [2.45, 2.75) is 0 Å². The maximum absolute atomic E-state index is 11.3. The lowest BCUT2D eigenvalue weighted by Crippen LogP contribution is -2.19. The van der Waals surface area contributed by atoms with Gasteiger partial charge in [0.05, 0.1) is 6.33 Å². The monoisotopic (exact) mass is 217 g/mol. The topological polar surface area (TPSA) is 130 Å². The highest BCUT2D eigenvalue weighted by Crippen LogP contribution is 2.08. The van der Waals surface area contributed by atoms with Gasteiger partial charge in [0.25, 0.3) is 5.91 Å². The minimum absolute atomic E-state index is 0.141. The Labute approximate surface area is 90.6 Å². The number of amides is 1. The minimum atomic E-state index is -0.384. The molecule has 16 heavy (non-hydrogen) atoms. The molecule has 0 spiro atoms. The van der Waals surface area contributed by atoms with Gasteiger partial charge in [-0.1, -0.05) is 0 Å². The summed E-state index contributed by atoms with van der Waals surface area (Å²) in [5.74, 6) is -0.243. The molecule has 0 atom stereocenters. The number of H-pyrrole nitrogens is 1. The zero-order valence-electron chi connectivity index (χ0n) is 8.27. The maximum Gasteiger partial charge on any atom is 0.271 e. The van der Waals surface area contributed by atoms with Crippen molar-refractivity contribution in [3.05, 3.63) is 12.0 Å². The minimum Gasteiger partial charge on any atom is -0.354 e. The third kappa shape index (κ3) is 2.33. The first-order valence-electron chi connectivity index (χ1n) is 4.12. The summed E-state index contributed by atoms with van der Waals surface area (Å²) < 4.78 is 0. The molecule has 0 saturated heterocycles. The number of hydrogen-bond donors (Lipinski definition) is 3. The fourth-order valence-corrected chi connectivity index (χ4v) is 0.861. The molecular formula is C8H7N7O. The van der Waals surface area contributed by atoms with Gasteiger partial charge in [0, 0.05) is 7.05 Å². The summed E-state index contributed by atoms with van der Waals surface area (Å²) in [5.41, 5.74) is 2.16. The average molecular weight is 217 g/mol. The SMILES string of the molecule is CNC(=O)c1[nH]cnc1NN=C(C#N)C#N. The van der Waals surface area contributed by atoms with Gasteiger partial charge in [0.2, 0.25) is 5.71 Å². The molecule has 1 amide bonds. The van der Waals surface area contributed by atoms with Crippen LogP contribution in [0.1, 0.15) is 10.5 Å². The van der Waals surface area contributed by atoms with Crippen LogP contribution < -0.4 is 10.7 Å². The van der Waals surface area contributed by atoms with E-state index in [4.69, 9.17) is 10.5 Å². The van der Waals surface area contributed by atoms with E-state index < -0.39 is 0 Å².